The van der Waals surface area contributed by atoms with Crippen LogP contribution in [-0.4, -0.2) is 12.8 Å². The van der Waals surface area contributed by atoms with Gasteiger partial charge in [0.05, 0.1) is 13.2 Å². The van der Waals surface area contributed by atoms with Gasteiger partial charge in [0.15, 0.2) is 12.8 Å². The first-order valence-electron chi connectivity index (χ1n) is 7.69. The van der Waals surface area contributed by atoms with E-state index in [2.05, 4.69) is 10.3 Å². The van der Waals surface area contributed by atoms with E-state index in [4.69, 9.17) is 15.2 Å². The molecule has 0 aliphatic carbocycles. The average Bonchev–Trinajstić information content (AvgIpc) is 2.56. The summed E-state index contributed by atoms with van der Waals surface area (Å²) in [6, 6.07) is 8.79. The molecule has 1 aliphatic rings. The predicted octanol–water partition coefficient (Wildman–Crippen LogP) is 3.85. The van der Waals surface area contributed by atoms with Crippen LogP contribution in [0.1, 0.15) is 22.3 Å². The molecule has 134 valence electrons. The minimum Gasteiger partial charge on any atom is -0.467 e. The molecule has 0 radical (unpaired) electrons. The number of ether oxygens (including phenoxy) is 2. The van der Waals surface area contributed by atoms with Crippen molar-refractivity contribution in [1.29, 1.82) is 0 Å². The van der Waals surface area contributed by atoms with E-state index < -0.39 is 0 Å². The highest BCUT2D eigenvalue weighted by Gasteiger charge is 2.16. The molecule has 25 heavy (non-hydrogen) atoms. The van der Waals surface area contributed by atoms with Gasteiger partial charge in [-0.05, 0) is 49.2 Å². The summed E-state index contributed by atoms with van der Waals surface area (Å²) in [4.78, 5) is 4.29. The van der Waals surface area contributed by atoms with Gasteiger partial charge in [0.1, 0.15) is 11.6 Å². The molecule has 0 saturated carbocycles. The molecule has 1 aliphatic heterocycles. The summed E-state index contributed by atoms with van der Waals surface area (Å²) in [5.74, 6) is 0.558. The van der Waals surface area contributed by atoms with E-state index in [0.717, 1.165) is 5.69 Å². The van der Waals surface area contributed by atoms with Gasteiger partial charge in [-0.3, -0.25) is 0 Å². The minimum atomic E-state index is -0.339. The van der Waals surface area contributed by atoms with Gasteiger partial charge >= 0.3 is 0 Å². The van der Waals surface area contributed by atoms with Crippen LogP contribution in [0.4, 0.5) is 10.1 Å². The molecule has 0 atom stereocenters. The number of aliphatic imine (C=N–C) groups is 1. The van der Waals surface area contributed by atoms with E-state index in [1.54, 1.807) is 0 Å². The van der Waals surface area contributed by atoms with Gasteiger partial charge in [-0.15, -0.1) is 24.0 Å². The Hall–Kier alpha value is -1.87. The summed E-state index contributed by atoms with van der Waals surface area (Å²) < 4.78 is 24.3. The third-order valence-electron chi connectivity index (χ3n) is 3.95. The number of aryl methyl sites for hydroxylation is 2. The second-order valence-electron chi connectivity index (χ2n) is 5.79. The van der Waals surface area contributed by atoms with E-state index in [0.29, 0.717) is 23.5 Å². The molecular weight excluding hydrogens is 436 g/mol. The van der Waals surface area contributed by atoms with E-state index in [-0.39, 0.29) is 49.1 Å². The van der Waals surface area contributed by atoms with Gasteiger partial charge in [0.2, 0.25) is 0 Å². The summed E-state index contributed by atoms with van der Waals surface area (Å²) >= 11 is 0. The number of hydrogen-bond acceptors (Lipinski definition) is 3. The highest BCUT2D eigenvalue weighted by molar-refractivity contribution is 14.0. The highest BCUT2D eigenvalue weighted by Crippen LogP contribution is 2.29. The summed E-state index contributed by atoms with van der Waals surface area (Å²) in [7, 11) is 0. The van der Waals surface area contributed by atoms with E-state index in [1.165, 1.54) is 23.3 Å². The zero-order chi connectivity index (χ0) is 17.1. The molecule has 0 amide bonds. The normalized spacial score (nSPS) is 13.5. The first-order chi connectivity index (χ1) is 11.5. The zero-order valence-corrected chi connectivity index (χ0v) is 16.5. The molecule has 2 aromatic rings. The Labute approximate surface area is 163 Å². The molecule has 0 aromatic heterocycles. The summed E-state index contributed by atoms with van der Waals surface area (Å²) in [5.41, 5.74) is 10.5. The fraction of sp³-hybridized carbons (Fsp3) is 0.278. The molecule has 2 aromatic carbocycles. The van der Waals surface area contributed by atoms with Crippen LogP contribution in [0, 0.1) is 19.7 Å². The van der Waals surface area contributed by atoms with Crippen LogP contribution in [0.2, 0.25) is 0 Å². The van der Waals surface area contributed by atoms with E-state index in [9.17, 15) is 4.39 Å². The number of rotatable bonds is 3. The van der Waals surface area contributed by atoms with Crippen molar-refractivity contribution in [3.8, 4) is 5.75 Å². The summed E-state index contributed by atoms with van der Waals surface area (Å²) in [6.07, 6.45) is 0. The number of hydrogen-bond donors (Lipinski definition) is 2. The van der Waals surface area contributed by atoms with E-state index >= 15 is 0 Å². The van der Waals surface area contributed by atoms with Crippen molar-refractivity contribution in [2.45, 2.75) is 27.0 Å². The van der Waals surface area contributed by atoms with Gasteiger partial charge < -0.3 is 20.5 Å². The maximum absolute atomic E-state index is 13.7. The largest absolute Gasteiger partial charge is 0.467 e. The quantitative estimate of drug-likeness (QED) is 0.418. The Kier molecular flexibility index (Phi) is 6.60. The predicted molar refractivity (Wildman–Crippen MR) is 107 cm³/mol. The lowest BCUT2D eigenvalue weighted by Gasteiger charge is -2.20. The fourth-order valence-corrected chi connectivity index (χ4v) is 2.55. The second-order valence-corrected chi connectivity index (χ2v) is 5.79. The Morgan fingerprint density at radius 1 is 1.24 bits per heavy atom. The molecular formula is C18H21FIN3O2. The van der Waals surface area contributed by atoms with Crippen molar-refractivity contribution in [1.82, 2.24) is 0 Å². The van der Waals surface area contributed by atoms with Gasteiger partial charge in [0, 0.05) is 16.8 Å². The van der Waals surface area contributed by atoms with Crippen LogP contribution in [0.5, 0.6) is 5.75 Å². The number of nitrogens with zero attached hydrogens (tertiary/aromatic N) is 1. The number of benzene rings is 2. The topological polar surface area (TPSA) is 68.9 Å². The number of anilines is 1. The minimum absolute atomic E-state index is 0. The number of nitrogens with one attached hydrogen (secondary N) is 1. The van der Waals surface area contributed by atoms with Crippen LogP contribution in [-0.2, 0) is 17.9 Å². The third-order valence-corrected chi connectivity index (χ3v) is 3.95. The molecule has 7 heteroatoms. The average molecular weight is 457 g/mol. The Balaban J connectivity index is 0.00000225. The summed E-state index contributed by atoms with van der Waals surface area (Å²) in [5, 5.41) is 3.04. The van der Waals surface area contributed by atoms with Crippen LogP contribution in [0.15, 0.2) is 35.3 Å². The van der Waals surface area contributed by atoms with Crippen LogP contribution in [0.3, 0.4) is 0 Å². The number of guanidine groups is 1. The van der Waals surface area contributed by atoms with Crippen molar-refractivity contribution in [2.75, 3.05) is 12.1 Å². The monoisotopic (exact) mass is 457 g/mol. The Bertz CT molecular complexity index is 796. The first kappa shape index (κ1) is 19.5. The molecule has 0 spiro atoms. The number of nitrogens with two attached hydrogens (primary N) is 1. The van der Waals surface area contributed by atoms with Gasteiger partial charge in [-0.1, -0.05) is 6.07 Å². The van der Waals surface area contributed by atoms with Crippen LogP contribution >= 0.6 is 24.0 Å². The number of fused-ring (bicyclic) bond motifs is 1. The molecule has 0 bridgehead atoms. The molecule has 3 N–H and O–H groups in total. The van der Waals surface area contributed by atoms with Crippen molar-refractivity contribution < 1.29 is 13.9 Å². The van der Waals surface area contributed by atoms with Crippen molar-refractivity contribution >= 4 is 35.6 Å². The van der Waals surface area contributed by atoms with E-state index in [1.807, 2.05) is 32.0 Å². The third kappa shape index (κ3) is 4.82. The number of halogens is 2. The molecule has 1 heterocycles. The van der Waals surface area contributed by atoms with Crippen LogP contribution < -0.4 is 15.8 Å². The Morgan fingerprint density at radius 3 is 2.80 bits per heavy atom. The molecule has 5 nitrogen and oxygen atoms in total. The standard InChI is InChI=1S/C18H20FN3O2.HI/c1-11-3-4-16(5-12(11)2)22-18(20)21-8-13-6-15(19)7-14-9-23-10-24-17(13)14;/h3-7H,8-10H2,1-2H3,(H3,20,21,22);1H. The fourth-order valence-electron chi connectivity index (χ4n) is 2.55. The lowest BCUT2D eigenvalue weighted by Crippen LogP contribution is -2.23. The maximum Gasteiger partial charge on any atom is 0.193 e. The van der Waals surface area contributed by atoms with Crippen molar-refractivity contribution in [2.24, 2.45) is 10.7 Å². The van der Waals surface area contributed by atoms with Gasteiger partial charge in [-0.25, -0.2) is 9.38 Å². The van der Waals surface area contributed by atoms with Crippen LogP contribution in [0.25, 0.3) is 0 Å². The maximum atomic E-state index is 13.7. The lowest BCUT2D eigenvalue weighted by atomic mass is 10.1. The van der Waals surface area contributed by atoms with Crippen molar-refractivity contribution in [3.05, 3.63) is 58.4 Å². The molecule has 0 unspecified atom stereocenters. The van der Waals surface area contributed by atoms with Crippen molar-refractivity contribution in [3.63, 3.8) is 0 Å². The van der Waals surface area contributed by atoms with Gasteiger partial charge in [0.25, 0.3) is 0 Å². The highest BCUT2D eigenvalue weighted by atomic mass is 127. The lowest BCUT2D eigenvalue weighted by molar-refractivity contribution is -0.0172. The summed E-state index contributed by atoms with van der Waals surface area (Å²) in [6.45, 7) is 4.80. The molecule has 0 fully saturated rings. The Morgan fingerprint density at radius 2 is 2.04 bits per heavy atom. The smallest absolute Gasteiger partial charge is 0.193 e. The first-order valence-corrected chi connectivity index (χ1v) is 7.69. The SMILES string of the molecule is Cc1ccc(NC(N)=NCc2cc(F)cc3c2OCOC3)cc1C.I. The molecule has 0 saturated heterocycles. The zero-order valence-electron chi connectivity index (χ0n) is 14.1. The molecule has 3 rings (SSSR count). The second kappa shape index (κ2) is 8.48. The van der Waals surface area contributed by atoms with Gasteiger partial charge in [-0.2, -0.15) is 0 Å².